The van der Waals surface area contributed by atoms with Crippen LogP contribution in [-0.2, 0) is 0 Å². The van der Waals surface area contributed by atoms with E-state index in [0.29, 0.717) is 12.5 Å². The van der Waals surface area contributed by atoms with Crippen LogP contribution in [0.25, 0.3) is 21.9 Å². The first-order valence-corrected chi connectivity index (χ1v) is 8.85. The summed E-state index contributed by atoms with van der Waals surface area (Å²) in [6.07, 6.45) is 3.76. The molecular formula is C22H22N2O2. The second-order valence-corrected chi connectivity index (χ2v) is 6.72. The second kappa shape index (κ2) is 6.71. The highest BCUT2D eigenvalue weighted by atomic mass is 16.7. The Balaban J connectivity index is 1.89. The summed E-state index contributed by atoms with van der Waals surface area (Å²) in [5.74, 6) is 2.91. The molecule has 4 nitrogen and oxygen atoms in total. The predicted molar refractivity (Wildman–Crippen MR) is 106 cm³/mol. The van der Waals surface area contributed by atoms with Gasteiger partial charge in [0, 0.05) is 23.7 Å². The van der Waals surface area contributed by atoms with Gasteiger partial charge in [0.1, 0.15) is 5.82 Å². The van der Waals surface area contributed by atoms with Crippen molar-refractivity contribution in [3.05, 3.63) is 60.8 Å². The molecule has 1 aliphatic rings. The standard InChI is InChI=1S/C22H22N2O2/c1-4-9-23-22-18-10-15(14(2)3)5-7-17(18)19(12-24-22)16-6-8-20-21(11-16)26-13-25-20/h4-8,10-12,14H,1,9,13H2,2-3H3,(H,23,24). The predicted octanol–water partition coefficient (Wildman–Crippen LogP) is 5.35. The van der Waals surface area contributed by atoms with Gasteiger partial charge in [0.25, 0.3) is 0 Å². The van der Waals surface area contributed by atoms with Crippen LogP contribution in [0.3, 0.4) is 0 Å². The highest BCUT2D eigenvalue weighted by molar-refractivity contribution is 6.02. The van der Waals surface area contributed by atoms with Crippen LogP contribution >= 0.6 is 0 Å². The highest BCUT2D eigenvalue weighted by Crippen LogP contribution is 2.39. The van der Waals surface area contributed by atoms with Gasteiger partial charge < -0.3 is 14.8 Å². The summed E-state index contributed by atoms with van der Waals surface area (Å²) in [5.41, 5.74) is 3.45. The summed E-state index contributed by atoms with van der Waals surface area (Å²) in [6, 6.07) is 12.6. The molecule has 132 valence electrons. The van der Waals surface area contributed by atoms with Crippen molar-refractivity contribution in [2.75, 3.05) is 18.7 Å². The molecule has 0 radical (unpaired) electrons. The molecule has 4 heteroatoms. The average molecular weight is 346 g/mol. The molecule has 0 atom stereocenters. The largest absolute Gasteiger partial charge is 0.454 e. The Labute approximate surface area is 153 Å². The minimum atomic E-state index is 0.278. The number of fused-ring (bicyclic) bond motifs is 2. The molecule has 26 heavy (non-hydrogen) atoms. The fraction of sp³-hybridized carbons (Fsp3) is 0.227. The van der Waals surface area contributed by atoms with E-state index in [0.717, 1.165) is 39.2 Å². The van der Waals surface area contributed by atoms with Gasteiger partial charge in [-0.25, -0.2) is 4.98 Å². The van der Waals surface area contributed by atoms with E-state index in [1.807, 2.05) is 24.4 Å². The normalized spacial score (nSPS) is 12.6. The molecule has 4 rings (SSSR count). The van der Waals surface area contributed by atoms with Gasteiger partial charge in [0.2, 0.25) is 6.79 Å². The molecular weight excluding hydrogens is 324 g/mol. The van der Waals surface area contributed by atoms with E-state index in [4.69, 9.17) is 9.47 Å². The van der Waals surface area contributed by atoms with E-state index in [1.54, 1.807) is 0 Å². The lowest BCUT2D eigenvalue weighted by Gasteiger charge is -2.14. The van der Waals surface area contributed by atoms with Crippen LogP contribution in [0.1, 0.15) is 25.3 Å². The van der Waals surface area contributed by atoms with E-state index >= 15 is 0 Å². The van der Waals surface area contributed by atoms with Gasteiger partial charge in [-0.05, 0) is 40.6 Å². The second-order valence-electron chi connectivity index (χ2n) is 6.72. The number of pyridine rings is 1. The van der Waals surface area contributed by atoms with Crippen molar-refractivity contribution in [3.8, 4) is 22.6 Å². The Morgan fingerprint density at radius 2 is 1.96 bits per heavy atom. The first-order chi connectivity index (χ1) is 12.7. The van der Waals surface area contributed by atoms with Gasteiger partial charge in [0.15, 0.2) is 11.5 Å². The number of benzene rings is 2. The number of anilines is 1. The Bertz CT molecular complexity index is 979. The maximum Gasteiger partial charge on any atom is 0.231 e. The van der Waals surface area contributed by atoms with Crippen LogP contribution in [0.4, 0.5) is 5.82 Å². The summed E-state index contributed by atoms with van der Waals surface area (Å²) in [7, 11) is 0. The van der Waals surface area contributed by atoms with Crippen molar-refractivity contribution in [2.45, 2.75) is 19.8 Å². The first-order valence-electron chi connectivity index (χ1n) is 8.85. The molecule has 0 spiro atoms. The topological polar surface area (TPSA) is 43.4 Å². The Kier molecular flexibility index (Phi) is 4.25. The Morgan fingerprint density at radius 1 is 1.12 bits per heavy atom. The van der Waals surface area contributed by atoms with Gasteiger partial charge in [-0.1, -0.05) is 38.1 Å². The number of ether oxygens (including phenoxy) is 2. The number of hydrogen-bond donors (Lipinski definition) is 1. The van der Waals surface area contributed by atoms with Crippen LogP contribution in [0, 0.1) is 0 Å². The van der Waals surface area contributed by atoms with Crippen molar-refractivity contribution < 1.29 is 9.47 Å². The molecule has 3 aromatic rings. The zero-order valence-electron chi connectivity index (χ0n) is 15.1. The average Bonchev–Trinajstić information content (AvgIpc) is 3.13. The molecule has 1 aromatic heterocycles. The van der Waals surface area contributed by atoms with Gasteiger partial charge >= 0.3 is 0 Å². The molecule has 1 N–H and O–H groups in total. The molecule has 0 aliphatic carbocycles. The fourth-order valence-electron chi connectivity index (χ4n) is 3.22. The summed E-state index contributed by atoms with van der Waals surface area (Å²) in [5, 5.41) is 5.63. The van der Waals surface area contributed by atoms with Gasteiger partial charge in [0.05, 0.1) is 0 Å². The lowest BCUT2D eigenvalue weighted by atomic mass is 9.95. The number of aromatic nitrogens is 1. The summed E-state index contributed by atoms with van der Waals surface area (Å²) >= 11 is 0. The maximum atomic E-state index is 5.53. The Morgan fingerprint density at radius 3 is 2.77 bits per heavy atom. The Hall–Kier alpha value is -3.01. The lowest BCUT2D eigenvalue weighted by molar-refractivity contribution is 0.174. The summed E-state index contributed by atoms with van der Waals surface area (Å²) in [4.78, 5) is 4.68. The molecule has 0 saturated carbocycles. The van der Waals surface area contributed by atoms with Crippen molar-refractivity contribution in [2.24, 2.45) is 0 Å². The third-order valence-electron chi connectivity index (χ3n) is 4.68. The third kappa shape index (κ3) is 2.88. The molecule has 0 bridgehead atoms. The van der Waals surface area contributed by atoms with E-state index < -0.39 is 0 Å². The maximum absolute atomic E-state index is 5.53. The molecule has 0 saturated heterocycles. The third-order valence-corrected chi connectivity index (χ3v) is 4.68. The molecule has 0 fully saturated rings. The van der Waals surface area contributed by atoms with Crippen LogP contribution in [0.5, 0.6) is 11.5 Å². The molecule has 0 unspecified atom stereocenters. The lowest BCUT2D eigenvalue weighted by Crippen LogP contribution is -2.02. The monoisotopic (exact) mass is 346 g/mol. The quantitative estimate of drug-likeness (QED) is 0.632. The molecule has 2 aromatic carbocycles. The zero-order valence-corrected chi connectivity index (χ0v) is 15.1. The van der Waals surface area contributed by atoms with E-state index in [1.165, 1.54) is 5.56 Å². The van der Waals surface area contributed by atoms with E-state index in [9.17, 15) is 0 Å². The van der Waals surface area contributed by atoms with Crippen molar-refractivity contribution in [1.82, 2.24) is 4.98 Å². The number of nitrogens with one attached hydrogen (secondary N) is 1. The van der Waals surface area contributed by atoms with Gasteiger partial charge in [-0.3, -0.25) is 0 Å². The van der Waals surface area contributed by atoms with Gasteiger partial charge in [-0.2, -0.15) is 0 Å². The van der Waals surface area contributed by atoms with Gasteiger partial charge in [-0.15, -0.1) is 6.58 Å². The molecule has 1 aliphatic heterocycles. The number of rotatable bonds is 5. The van der Waals surface area contributed by atoms with Crippen LogP contribution in [0.15, 0.2) is 55.3 Å². The fourth-order valence-corrected chi connectivity index (χ4v) is 3.22. The number of hydrogen-bond acceptors (Lipinski definition) is 4. The van der Waals surface area contributed by atoms with Crippen LogP contribution in [-0.4, -0.2) is 18.3 Å². The molecule has 0 amide bonds. The van der Waals surface area contributed by atoms with Crippen LogP contribution in [0.2, 0.25) is 0 Å². The number of nitrogens with zero attached hydrogens (tertiary/aromatic N) is 1. The highest BCUT2D eigenvalue weighted by Gasteiger charge is 2.16. The smallest absolute Gasteiger partial charge is 0.231 e. The van der Waals surface area contributed by atoms with Crippen molar-refractivity contribution in [1.29, 1.82) is 0 Å². The summed E-state index contributed by atoms with van der Waals surface area (Å²) < 4.78 is 11.0. The minimum absolute atomic E-state index is 0.278. The van der Waals surface area contributed by atoms with Crippen LogP contribution < -0.4 is 14.8 Å². The van der Waals surface area contributed by atoms with Crippen molar-refractivity contribution >= 4 is 16.6 Å². The van der Waals surface area contributed by atoms with E-state index in [2.05, 4.69) is 55.0 Å². The first kappa shape index (κ1) is 16.5. The van der Waals surface area contributed by atoms with E-state index in [-0.39, 0.29) is 6.79 Å². The minimum Gasteiger partial charge on any atom is -0.454 e. The molecule has 2 heterocycles. The van der Waals surface area contributed by atoms with Crippen molar-refractivity contribution in [3.63, 3.8) is 0 Å². The summed E-state index contributed by atoms with van der Waals surface area (Å²) in [6.45, 7) is 9.14. The zero-order chi connectivity index (χ0) is 18.1. The SMILES string of the molecule is C=CCNc1ncc(-c2ccc3c(c2)OCO3)c2ccc(C(C)C)cc12.